The van der Waals surface area contributed by atoms with E-state index in [2.05, 4.69) is 32.4 Å². The molecule has 24 heavy (non-hydrogen) atoms. The molecule has 0 spiro atoms. The van der Waals surface area contributed by atoms with Crippen molar-refractivity contribution in [3.05, 3.63) is 62.6 Å². The van der Waals surface area contributed by atoms with E-state index in [-0.39, 0.29) is 6.61 Å². The zero-order chi connectivity index (χ0) is 17.5. The SMILES string of the molecule is C#CCOc1ccc(Br)cc1/C=N\NC(=O)c1ccc(C)cc1Cl. The largest absolute Gasteiger partial charge is 0.480 e. The number of nitrogens with one attached hydrogen (secondary N) is 1. The van der Waals surface area contributed by atoms with Gasteiger partial charge in [-0.05, 0) is 42.8 Å². The van der Waals surface area contributed by atoms with Crippen LogP contribution in [0, 0.1) is 19.3 Å². The van der Waals surface area contributed by atoms with Gasteiger partial charge in [-0.15, -0.1) is 6.42 Å². The number of ether oxygens (including phenoxy) is 1. The van der Waals surface area contributed by atoms with E-state index in [1.54, 1.807) is 24.3 Å². The maximum Gasteiger partial charge on any atom is 0.272 e. The predicted octanol–water partition coefficient (Wildman–Crippen LogP) is 4.19. The average molecular weight is 406 g/mol. The van der Waals surface area contributed by atoms with Crippen LogP contribution >= 0.6 is 27.5 Å². The van der Waals surface area contributed by atoms with Crippen LogP contribution in [0.15, 0.2) is 46.0 Å². The molecule has 0 aliphatic heterocycles. The lowest BCUT2D eigenvalue weighted by atomic mass is 10.1. The second-order valence-corrected chi connectivity index (χ2v) is 6.18. The molecule has 0 fully saturated rings. The molecule has 2 aromatic carbocycles. The predicted molar refractivity (Wildman–Crippen MR) is 99.7 cm³/mol. The quantitative estimate of drug-likeness (QED) is 0.461. The number of benzene rings is 2. The second kappa shape index (κ2) is 8.53. The molecule has 0 atom stereocenters. The van der Waals surface area contributed by atoms with Gasteiger partial charge in [-0.3, -0.25) is 4.79 Å². The van der Waals surface area contributed by atoms with Crippen molar-refractivity contribution in [3.8, 4) is 18.1 Å². The molecule has 1 N–H and O–H groups in total. The lowest BCUT2D eigenvalue weighted by Gasteiger charge is -2.07. The molecule has 0 aromatic heterocycles. The van der Waals surface area contributed by atoms with Crippen molar-refractivity contribution < 1.29 is 9.53 Å². The van der Waals surface area contributed by atoms with Crippen molar-refractivity contribution in [3.63, 3.8) is 0 Å². The van der Waals surface area contributed by atoms with Crippen molar-refractivity contribution in [1.29, 1.82) is 0 Å². The first-order chi connectivity index (χ1) is 11.5. The Kier molecular flexibility index (Phi) is 6.42. The van der Waals surface area contributed by atoms with E-state index in [0.717, 1.165) is 10.0 Å². The molecule has 0 radical (unpaired) electrons. The van der Waals surface area contributed by atoms with Crippen molar-refractivity contribution in [1.82, 2.24) is 5.43 Å². The summed E-state index contributed by atoms with van der Waals surface area (Å²) in [5.74, 6) is 2.58. The number of hydrogen-bond donors (Lipinski definition) is 1. The Balaban J connectivity index is 2.12. The molecular formula is C18H14BrClN2O2. The first-order valence-electron chi connectivity index (χ1n) is 6.96. The highest BCUT2D eigenvalue weighted by atomic mass is 79.9. The third-order valence-corrected chi connectivity index (χ3v) is 3.83. The number of rotatable bonds is 5. The minimum atomic E-state index is -0.391. The summed E-state index contributed by atoms with van der Waals surface area (Å²) >= 11 is 9.44. The molecule has 0 aliphatic carbocycles. The van der Waals surface area contributed by atoms with Crippen LogP contribution in [-0.4, -0.2) is 18.7 Å². The van der Waals surface area contributed by atoms with E-state index in [1.165, 1.54) is 6.21 Å². The Morgan fingerprint density at radius 1 is 1.42 bits per heavy atom. The van der Waals surface area contributed by atoms with Gasteiger partial charge in [0, 0.05) is 10.0 Å². The van der Waals surface area contributed by atoms with Crippen molar-refractivity contribution in [2.24, 2.45) is 5.10 Å². The van der Waals surface area contributed by atoms with Gasteiger partial charge in [0.2, 0.25) is 0 Å². The third-order valence-electron chi connectivity index (χ3n) is 3.02. The third kappa shape index (κ3) is 4.85. The van der Waals surface area contributed by atoms with Gasteiger partial charge in [0.25, 0.3) is 5.91 Å². The molecule has 0 saturated carbocycles. The Bertz CT molecular complexity index is 828. The van der Waals surface area contributed by atoms with Crippen LogP contribution in [-0.2, 0) is 0 Å². The molecule has 1 amide bonds. The summed E-state index contributed by atoms with van der Waals surface area (Å²) in [7, 11) is 0. The Morgan fingerprint density at radius 3 is 2.92 bits per heavy atom. The molecule has 4 nitrogen and oxygen atoms in total. The fourth-order valence-electron chi connectivity index (χ4n) is 1.90. The number of hydrazone groups is 1. The minimum absolute atomic E-state index is 0.147. The molecule has 2 rings (SSSR count). The molecule has 122 valence electrons. The van der Waals surface area contributed by atoms with Gasteiger partial charge in [-0.2, -0.15) is 5.10 Å². The number of nitrogens with zero attached hydrogens (tertiary/aromatic N) is 1. The highest BCUT2D eigenvalue weighted by molar-refractivity contribution is 9.10. The molecular weight excluding hydrogens is 392 g/mol. The first kappa shape index (κ1) is 18.1. The van der Waals surface area contributed by atoms with Crippen LogP contribution in [0.2, 0.25) is 5.02 Å². The Labute approximate surface area is 154 Å². The summed E-state index contributed by atoms with van der Waals surface area (Å²) in [6.07, 6.45) is 6.68. The maximum absolute atomic E-state index is 12.1. The smallest absolute Gasteiger partial charge is 0.272 e. The Morgan fingerprint density at radius 2 is 2.21 bits per heavy atom. The van der Waals surface area contributed by atoms with Crippen LogP contribution in [0.1, 0.15) is 21.5 Å². The molecule has 0 unspecified atom stereocenters. The van der Waals surface area contributed by atoms with Gasteiger partial charge in [0.15, 0.2) is 0 Å². The maximum atomic E-state index is 12.1. The number of carbonyl (C=O) groups is 1. The molecule has 0 heterocycles. The molecule has 0 saturated heterocycles. The number of terminal acetylenes is 1. The van der Waals surface area contributed by atoms with E-state index in [9.17, 15) is 4.79 Å². The first-order valence-corrected chi connectivity index (χ1v) is 8.13. The van der Waals surface area contributed by atoms with E-state index < -0.39 is 5.91 Å². The lowest BCUT2D eigenvalue weighted by Crippen LogP contribution is -2.18. The molecule has 6 heteroatoms. The minimum Gasteiger partial charge on any atom is -0.480 e. The van der Waals surface area contributed by atoms with Gasteiger partial charge in [0.1, 0.15) is 12.4 Å². The van der Waals surface area contributed by atoms with Gasteiger partial charge >= 0.3 is 0 Å². The van der Waals surface area contributed by atoms with Crippen LogP contribution in [0.3, 0.4) is 0 Å². The van der Waals surface area contributed by atoms with Crippen LogP contribution in [0.4, 0.5) is 0 Å². The van der Waals surface area contributed by atoms with Gasteiger partial charge < -0.3 is 4.74 Å². The van der Waals surface area contributed by atoms with E-state index >= 15 is 0 Å². The van der Waals surface area contributed by atoms with E-state index in [4.69, 9.17) is 22.8 Å². The van der Waals surface area contributed by atoms with Crippen LogP contribution in [0.5, 0.6) is 5.75 Å². The van der Waals surface area contributed by atoms with Crippen LogP contribution < -0.4 is 10.2 Å². The summed E-state index contributed by atoms with van der Waals surface area (Å²) in [4.78, 5) is 12.1. The summed E-state index contributed by atoms with van der Waals surface area (Å²) < 4.78 is 6.29. The average Bonchev–Trinajstić information content (AvgIpc) is 2.54. The zero-order valence-electron chi connectivity index (χ0n) is 12.8. The van der Waals surface area contributed by atoms with Crippen molar-refractivity contribution >= 4 is 39.7 Å². The number of amides is 1. The number of hydrogen-bond acceptors (Lipinski definition) is 3. The monoisotopic (exact) mass is 404 g/mol. The number of carbonyl (C=O) groups excluding carboxylic acids is 1. The van der Waals surface area contributed by atoms with Gasteiger partial charge in [-0.25, -0.2) is 5.43 Å². The lowest BCUT2D eigenvalue weighted by molar-refractivity contribution is 0.0955. The fourth-order valence-corrected chi connectivity index (χ4v) is 2.60. The number of halogens is 2. The summed E-state index contributed by atoms with van der Waals surface area (Å²) in [5, 5.41) is 4.33. The highest BCUT2D eigenvalue weighted by Crippen LogP contribution is 2.22. The summed E-state index contributed by atoms with van der Waals surface area (Å²) in [6.45, 7) is 2.05. The normalized spacial score (nSPS) is 10.4. The highest BCUT2D eigenvalue weighted by Gasteiger charge is 2.09. The molecule has 0 aliphatic rings. The zero-order valence-corrected chi connectivity index (χ0v) is 15.2. The van der Waals surface area contributed by atoms with E-state index in [0.29, 0.717) is 21.9 Å². The molecule has 2 aromatic rings. The molecule has 0 bridgehead atoms. The van der Waals surface area contributed by atoms with Gasteiger partial charge in [0.05, 0.1) is 16.8 Å². The van der Waals surface area contributed by atoms with Crippen LogP contribution in [0.25, 0.3) is 0 Å². The standard InChI is InChI=1S/C18H14BrClN2O2/c1-3-8-24-17-7-5-14(19)10-13(17)11-21-22-18(23)15-6-4-12(2)9-16(15)20/h1,4-7,9-11H,8H2,2H3,(H,22,23)/b21-11-. The second-order valence-electron chi connectivity index (χ2n) is 4.86. The van der Waals surface area contributed by atoms with Gasteiger partial charge in [-0.1, -0.05) is 39.5 Å². The Hall–Kier alpha value is -2.29. The van der Waals surface area contributed by atoms with Crippen molar-refractivity contribution in [2.75, 3.05) is 6.61 Å². The fraction of sp³-hybridized carbons (Fsp3) is 0.111. The van der Waals surface area contributed by atoms with E-state index in [1.807, 2.05) is 19.1 Å². The topological polar surface area (TPSA) is 50.7 Å². The summed E-state index contributed by atoms with van der Waals surface area (Å²) in [6, 6.07) is 10.6. The number of aryl methyl sites for hydroxylation is 1. The summed E-state index contributed by atoms with van der Waals surface area (Å²) in [5.41, 5.74) is 4.46. The van der Waals surface area contributed by atoms with Crippen molar-refractivity contribution in [2.45, 2.75) is 6.92 Å².